The summed E-state index contributed by atoms with van der Waals surface area (Å²) < 4.78 is 0.242. The number of quaternary nitrogens is 1. The van der Waals surface area contributed by atoms with Gasteiger partial charge in [-0.25, -0.2) is 9.48 Å². The molecule has 1 unspecified atom stereocenters. The zero-order valence-electron chi connectivity index (χ0n) is 22.2. The first-order valence-electron chi connectivity index (χ1n) is 14.3. The first-order chi connectivity index (χ1) is 16.6. The summed E-state index contributed by atoms with van der Waals surface area (Å²) in [5.74, 6) is -0.130. The van der Waals surface area contributed by atoms with Crippen molar-refractivity contribution in [3.05, 3.63) is 24.6 Å². The van der Waals surface area contributed by atoms with Gasteiger partial charge in [-0.3, -0.25) is 0 Å². The number of amidine groups is 1. The van der Waals surface area contributed by atoms with Crippen molar-refractivity contribution in [2.24, 2.45) is 10.7 Å². The Labute approximate surface area is 210 Å². The van der Waals surface area contributed by atoms with Crippen LogP contribution >= 0.6 is 0 Å². The number of carbonyl (C=O) groups is 1. The highest BCUT2D eigenvalue weighted by Crippen LogP contribution is 2.21. The molecular formula is C29H53N3O2. The van der Waals surface area contributed by atoms with Gasteiger partial charge in [-0.05, 0) is 32.1 Å². The largest absolute Gasteiger partial charge is 0.544 e. The van der Waals surface area contributed by atoms with Crippen LogP contribution in [0, 0.1) is 0 Å². The molecule has 0 saturated heterocycles. The van der Waals surface area contributed by atoms with E-state index >= 15 is 0 Å². The van der Waals surface area contributed by atoms with Gasteiger partial charge < -0.3 is 15.6 Å². The predicted molar refractivity (Wildman–Crippen MR) is 143 cm³/mol. The molecule has 1 aliphatic rings. The van der Waals surface area contributed by atoms with Crippen LogP contribution in [0.2, 0.25) is 0 Å². The number of rotatable bonds is 24. The number of carboxylic acids is 1. The SMILES string of the molecule is CCCCCCCCCCC/C=C/CCCCCCCCCC1=NC=C[N+]1(CCN)CC(=O)[O-]. The molecule has 5 heteroatoms. The average Bonchev–Trinajstić information content (AvgIpc) is 3.19. The van der Waals surface area contributed by atoms with E-state index in [1.165, 1.54) is 109 Å². The lowest BCUT2D eigenvalue weighted by molar-refractivity contribution is -0.780. The summed E-state index contributed by atoms with van der Waals surface area (Å²) >= 11 is 0. The molecule has 0 radical (unpaired) electrons. The summed E-state index contributed by atoms with van der Waals surface area (Å²) in [6.45, 7) is 3.21. The zero-order chi connectivity index (χ0) is 24.7. The molecule has 1 heterocycles. The maximum atomic E-state index is 11.2. The molecule has 1 rings (SSSR count). The van der Waals surface area contributed by atoms with Gasteiger partial charge in [-0.1, -0.05) is 103 Å². The normalized spacial score (nSPS) is 17.6. The second kappa shape index (κ2) is 20.9. The molecule has 5 nitrogen and oxygen atoms in total. The Morgan fingerprint density at radius 1 is 0.853 bits per heavy atom. The summed E-state index contributed by atoms with van der Waals surface area (Å²) in [6, 6.07) is 0. The van der Waals surface area contributed by atoms with E-state index in [-0.39, 0.29) is 11.0 Å². The van der Waals surface area contributed by atoms with Gasteiger partial charge in [0, 0.05) is 13.0 Å². The quantitative estimate of drug-likeness (QED) is 0.0999. The van der Waals surface area contributed by atoms with Gasteiger partial charge >= 0.3 is 0 Å². The van der Waals surface area contributed by atoms with Crippen LogP contribution in [0.25, 0.3) is 0 Å². The third-order valence-electron chi connectivity index (χ3n) is 6.94. The monoisotopic (exact) mass is 475 g/mol. The van der Waals surface area contributed by atoms with Crippen molar-refractivity contribution in [3.63, 3.8) is 0 Å². The molecule has 0 aromatic heterocycles. The van der Waals surface area contributed by atoms with E-state index in [2.05, 4.69) is 24.1 Å². The van der Waals surface area contributed by atoms with Crippen molar-refractivity contribution >= 4 is 11.8 Å². The first kappa shape index (κ1) is 30.6. The highest BCUT2D eigenvalue weighted by Gasteiger charge is 2.34. The number of hydrogen-bond acceptors (Lipinski definition) is 4. The Kier molecular flexibility index (Phi) is 18.8. The van der Waals surface area contributed by atoms with E-state index in [1.54, 1.807) is 6.20 Å². The van der Waals surface area contributed by atoms with Gasteiger partial charge in [0.2, 0.25) is 5.84 Å². The first-order valence-corrected chi connectivity index (χ1v) is 14.3. The Balaban J connectivity index is 1.91. The van der Waals surface area contributed by atoms with E-state index < -0.39 is 5.97 Å². The van der Waals surface area contributed by atoms with Crippen molar-refractivity contribution in [2.45, 2.75) is 129 Å². The van der Waals surface area contributed by atoms with Crippen molar-refractivity contribution in [1.82, 2.24) is 0 Å². The summed E-state index contributed by atoms with van der Waals surface area (Å²) in [4.78, 5) is 15.6. The molecule has 0 spiro atoms. The maximum absolute atomic E-state index is 11.2. The Morgan fingerprint density at radius 2 is 1.35 bits per heavy atom. The van der Waals surface area contributed by atoms with Crippen LogP contribution in [0.1, 0.15) is 129 Å². The minimum atomic E-state index is -1.05. The van der Waals surface area contributed by atoms with Crippen LogP contribution in [0.4, 0.5) is 0 Å². The molecule has 0 aromatic carbocycles. The van der Waals surface area contributed by atoms with Gasteiger partial charge in [-0.2, -0.15) is 0 Å². The Morgan fingerprint density at radius 3 is 1.85 bits per heavy atom. The molecule has 0 fully saturated rings. The fourth-order valence-corrected chi connectivity index (χ4v) is 4.86. The van der Waals surface area contributed by atoms with E-state index in [0.717, 1.165) is 18.7 Å². The minimum Gasteiger partial charge on any atom is -0.544 e. The standard InChI is InChI=1S/C29H53N3O2/c1-2-3-4-5-6-7-8-9-10-11-12-13-14-15-16-17-18-19-20-21-22-28-31-24-26-32(28,25-23-30)27-29(33)34/h12-13,24,26H,2-11,14-23,25,27,30H2,1H3/b13-12+. The molecule has 1 atom stereocenters. The lowest BCUT2D eigenvalue weighted by atomic mass is 10.1. The van der Waals surface area contributed by atoms with Gasteiger partial charge in [0.25, 0.3) is 0 Å². The number of carbonyl (C=O) groups excluding carboxylic acids is 1. The van der Waals surface area contributed by atoms with Crippen LogP contribution in [0.3, 0.4) is 0 Å². The highest BCUT2D eigenvalue weighted by molar-refractivity contribution is 5.80. The molecule has 0 bridgehead atoms. The number of nitrogens with two attached hydrogens (primary N) is 1. The fraction of sp³-hybridized carbons (Fsp3) is 0.793. The molecule has 0 aromatic rings. The van der Waals surface area contributed by atoms with Crippen LogP contribution in [0.5, 0.6) is 0 Å². The predicted octanol–water partition coefficient (Wildman–Crippen LogP) is 6.38. The molecule has 0 amide bonds. The average molecular weight is 476 g/mol. The number of nitrogens with zero attached hydrogens (tertiary/aromatic N) is 2. The maximum Gasteiger partial charge on any atom is 0.207 e. The van der Waals surface area contributed by atoms with E-state index in [9.17, 15) is 9.90 Å². The topological polar surface area (TPSA) is 78.5 Å². The number of aliphatic imine (C=N–C) groups is 1. The number of hydrogen-bond donors (Lipinski definition) is 1. The summed E-state index contributed by atoms with van der Waals surface area (Å²) in [5.41, 5.74) is 5.72. The van der Waals surface area contributed by atoms with Crippen LogP contribution in [0.15, 0.2) is 29.5 Å². The number of allylic oxidation sites excluding steroid dienone is 2. The van der Waals surface area contributed by atoms with E-state index in [4.69, 9.17) is 5.73 Å². The third kappa shape index (κ3) is 14.7. The molecule has 1 aliphatic heterocycles. The van der Waals surface area contributed by atoms with E-state index in [0.29, 0.717) is 13.1 Å². The van der Waals surface area contributed by atoms with Crippen LogP contribution < -0.4 is 10.8 Å². The second-order valence-corrected chi connectivity index (χ2v) is 10.0. The third-order valence-corrected chi connectivity index (χ3v) is 6.94. The highest BCUT2D eigenvalue weighted by atomic mass is 16.4. The number of carboxylic acid groups (broad SMARTS) is 1. The molecule has 34 heavy (non-hydrogen) atoms. The van der Waals surface area contributed by atoms with Gasteiger partial charge in [0.1, 0.15) is 19.3 Å². The van der Waals surface area contributed by atoms with Crippen LogP contribution in [-0.4, -0.2) is 35.9 Å². The van der Waals surface area contributed by atoms with Crippen molar-refractivity contribution in [1.29, 1.82) is 0 Å². The smallest absolute Gasteiger partial charge is 0.207 e. The molecule has 0 saturated carbocycles. The lowest BCUT2D eigenvalue weighted by Crippen LogP contribution is -2.55. The van der Waals surface area contributed by atoms with Crippen molar-refractivity contribution in [3.8, 4) is 0 Å². The summed E-state index contributed by atoms with van der Waals surface area (Å²) in [6.07, 6.45) is 33.0. The van der Waals surface area contributed by atoms with Gasteiger partial charge in [0.15, 0.2) is 0 Å². The number of aliphatic carboxylic acids is 1. The second-order valence-electron chi connectivity index (χ2n) is 10.0. The lowest BCUT2D eigenvalue weighted by Gasteiger charge is -2.32. The van der Waals surface area contributed by atoms with Gasteiger partial charge in [0.05, 0.1) is 12.2 Å². The molecular weight excluding hydrogens is 422 g/mol. The molecule has 2 N–H and O–H groups in total. The van der Waals surface area contributed by atoms with Crippen molar-refractivity contribution < 1.29 is 14.4 Å². The van der Waals surface area contributed by atoms with Crippen LogP contribution in [-0.2, 0) is 4.79 Å². The Hall–Kier alpha value is -1.46. The van der Waals surface area contributed by atoms with Crippen molar-refractivity contribution in [2.75, 3.05) is 19.6 Å². The van der Waals surface area contributed by atoms with E-state index in [1.807, 2.05) is 6.20 Å². The fourth-order valence-electron chi connectivity index (χ4n) is 4.86. The molecule has 196 valence electrons. The zero-order valence-corrected chi connectivity index (χ0v) is 22.2. The molecule has 0 aliphatic carbocycles. The summed E-state index contributed by atoms with van der Waals surface area (Å²) in [5, 5.41) is 11.2. The Bertz CT molecular complexity index is 600. The minimum absolute atomic E-state index is 0.0693. The number of unbranched alkanes of at least 4 members (excludes halogenated alkanes) is 16. The summed E-state index contributed by atoms with van der Waals surface area (Å²) in [7, 11) is 0. The van der Waals surface area contributed by atoms with Gasteiger partial charge in [-0.15, -0.1) is 0 Å².